The van der Waals surface area contributed by atoms with Crippen LogP contribution in [0.4, 0.5) is 11.4 Å². The summed E-state index contributed by atoms with van der Waals surface area (Å²) in [6, 6.07) is 4.02. The van der Waals surface area contributed by atoms with Gasteiger partial charge < -0.3 is 0 Å². The van der Waals surface area contributed by atoms with E-state index < -0.39 is 4.92 Å². The molecule has 0 aliphatic carbocycles. The van der Waals surface area contributed by atoms with Gasteiger partial charge in [0.1, 0.15) is 0 Å². The molecule has 0 saturated carbocycles. The fourth-order valence-corrected chi connectivity index (χ4v) is 1.02. The maximum Gasteiger partial charge on any atom is 0.298 e. The molecular formula is C6H3Cl2N3O2. The molecule has 1 rings (SSSR count). The molecule has 0 aliphatic rings. The molecule has 0 spiro atoms. The third-order valence-corrected chi connectivity index (χ3v) is 1.59. The van der Waals surface area contributed by atoms with Crippen LogP contribution >= 0.6 is 23.4 Å². The van der Waals surface area contributed by atoms with E-state index in [0.717, 1.165) is 0 Å². The lowest BCUT2D eigenvalue weighted by Crippen LogP contribution is -1.87. The largest absolute Gasteiger partial charge is 0.298 e. The molecule has 68 valence electrons. The second-order valence-corrected chi connectivity index (χ2v) is 2.65. The van der Waals surface area contributed by atoms with Crippen LogP contribution in [0, 0.1) is 10.1 Å². The minimum absolute atomic E-state index is 0.0735. The Morgan fingerprint density at radius 2 is 2.15 bits per heavy atom. The number of rotatable bonds is 2. The smallest absolute Gasteiger partial charge is 0.258 e. The van der Waals surface area contributed by atoms with Crippen molar-refractivity contribution < 1.29 is 4.92 Å². The average molecular weight is 220 g/mol. The van der Waals surface area contributed by atoms with Crippen molar-refractivity contribution >= 4 is 34.8 Å². The number of nitrogens with zero attached hydrogens (tertiary/aromatic N) is 3. The Kier molecular flexibility index (Phi) is 3.16. The van der Waals surface area contributed by atoms with Crippen molar-refractivity contribution in [1.82, 2.24) is 0 Å². The minimum Gasteiger partial charge on any atom is -0.258 e. The van der Waals surface area contributed by atoms with Gasteiger partial charge in [-0.1, -0.05) is 16.2 Å². The van der Waals surface area contributed by atoms with E-state index in [1.807, 2.05) is 0 Å². The Hall–Kier alpha value is -1.20. The van der Waals surface area contributed by atoms with Crippen molar-refractivity contribution in [1.29, 1.82) is 0 Å². The Balaban J connectivity index is 3.26. The van der Waals surface area contributed by atoms with Crippen LogP contribution in [0.15, 0.2) is 27.9 Å². The second-order valence-electron chi connectivity index (χ2n) is 2.07. The molecule has 13 heavy (non-hydrogen) atoms. The molecule has 0 aliphatic heterocycles. The van der Waals surface area contributed by atoms with Crippen LogP contribution in [0.3, 0.4) is 0 Å². The summed E-state index contributed by atoms with van der Waals surface area (Å²) in [6.45, 7) is 0. The average Bonchev–Trinajstić information content (AvgIpc) is 2.08. The van der Waals surface area contributed by atoms with Crippen molar-refractivity contribution in [2.24, 2.45) is 9.75 Å². The number of hydrogen-bond acceptors (Lipinski definition) is 4. The highest BCUT2D eigenvalue weighted by atomic mass is 35.5. The molecule has 0 unspecified atom stereocenters. The molecule has 0 N–H and O–H groups in total. The molecule has 5 nitrogen and oxygen atoms in total. The van der Waals surface area contributed by atoms with Crippen LogP contribution in [-0.4, -0.2) is 4.92 Å². The van der Waals surface area contributed by atoms with Gasteiger partial charge in [0.05, 0.1) is 16.7 Å². The molecule has 0 atom stereocenters. The van der Waals surface area contributed by atoms with E-state index in [2.05, 4.69) is 9.75 Å². The Morgan fingerprint density at radius 1 is 1.46 bits per heavy atom. The van der Waals surface area contributed by atoms with E-state index in [9.17, 15) is 10.1 Å². The molecule has 0 radical (unpaired) electrons. The van der Waals surface area contributed by atoms with Crippen LogP contribution in [0.5, 0.6) is 0 Å². The minimum atomic E-state index is -0.604. The predicted octanol–water partition coefficient (Wildman–Crippen LogP) is 3.49. The predicted molar refractivity (Wildman–Crippen MR) is 48.5 cm³/mol. The Labute approximate surface area is 83.2 Å². The van der Waals surface area contributed by atoms with E-state index in [0.29, 0.717) is 0 Å². The topological polar surface area (TPSA) is 67.9 Å². The van der Waals surface area contributed by atoms with Gasteiger partial charge in [0.15, 0.2) is 5.69 Å². The molecule has 0 fully saturated rings. The van der Waals surface area contributed by atoms with E-state index >= 15 is 0 Å². The number of benzene rings is 1. The number of halogens is 2. The van der Waals surface area contributed by atoms with Gasteiger partial charge in [0, 0.05) is 11.1 Å². The fourth-order valence-electron chi connectivity index (χ4n) is 0.768. The Bertz CT molecular complexity index is 367. The molecule has 0 saturated heterocycles. The molecule has 0 aromatic heterocycles. The van der Waals surface area contributed by atoms with Crippen molar-refractivity contribution in [2.45, 2.75) is 0 Å². The van der Waals surface area contributed by atoms with Gasteiger partial charge in [-0.2, -0.15) is 0 Å². The quantitative estimate of drug-likeness (QED) is 0.434. The standard InChI is InChI=1S/C6H3Cl2N3O2/c7-4-1-2-5(9-10-8)6(3-4)11(12)13/h1-3H/b10-9+. The molecule has 0 bridgehead atoms. The SMILES string of the molecule is O=[N+]([O-])c1cc(Cl)ccc1/N=N/Cl. The summed E-state index contributed by atoms with van der Waals surface area (Å²) in [6.07, 6.45) is 0. The summed E-state index contributed by atoms with van der Waals surface area (Å²) in [5.41, 5.74) is -0.152. The first-order valence-corrected chi connectivity index (χ1v) is 3.82. The van der Waals surface area contributed by atoms with Gasteiger partial charge in [0.2, 0.25) is 0 Å². The van der Waals surface area contributed by atoms with Crippen LogP contribution < -0.4 is 0 Å². The van der Waals surface area contributed by atoms with Crippen molar-refractivity contribution in [2.75, 3.05) is 0 Å². The van der Waals surface area contributed by atoms with E-state index in [4.69, 9.17) is 23.4 Å². The molecule has 1 aromatic rings. The zero-order chi connectivity index (χ0) is 9.84. The van der Waals surface area contributed by atoms with Crippen LogP contribution in [0.2, 0.25) is 5.02 Å². The first-order valence-electron chi connectivity index (χ1n) is 3.11. The van der Waals surface area contributed by atoms with Crippen molar-refractivity contribution in [3.8, 4) is 0 Å². The summed E-state index contributed by atoms with van der Waals surface area (Å²) in [7, 11) is 0. The lowest BCUT2D eigenvalue weighted by atomic mass is 10.3. The van der Waals surface area contributed by atoms with Gasteiger partial charge in [-0.05, 0) is 12.1 Å². The summed E-state index contributed by atoms with van der Waals surface area (Å²) in [4.78, 5) is 9.85. The zero-order valence-corrected chi connectivity index (χ0v) is 7.66. The molecule has 0 amide bonds. The van der Waals surface area contributed by atoms with Crippen LogP contribution in [0.1, 0.15) is 0 Å². The van der Waals surface area contributed by atoms with Gasteiger partial charge in [-0.15, -0.1) is 5.11 Å². The maximum atomic E-state index is 10.5. The van der Waals surface area contributed by atoms with Gasteiger partial charge in [0.25, 0.3) is 5.69 Å². The number of nitro groups is 1. The second kappa shape index (κ2) is 4.15. The highest BCUT2D eigenvalue weighted by Crippen LogP contribution is 2.30. The Morgan fingerprint density at radius 3 is 2.69 bits per heavy atom. The fraction of sp³-hybridized carbons (Fsp3) is 0. The third-order valence-electron chi connectivity index (χ3n) is 1.28. The van der Waals surface area contributed by atoms with Crippen LogP contribution in [-0.2, 0) is 0 Å². The zero-order valence-electron chi connectivity index (χ0n) is 6.15. The molecule has 1 aromatic carbocycles. The summed E-state index contributed by atoms with van der Waals surface area (Å²) < 4.78 is 2.93. The monoisotopic (exact) mass is 219 g/mol. The summed E-state index contributed by atoms with van der Waals surface area (Å²) in [5.74, 6) is 0. The van der Waals surface area contributed by atoms with Crippen LogP contribution in [0.25, 0.3) is 0 Å². The van der Waals surface area contributed by atoms with Crippen molar-refractivity contribution in [3.05, 3.63) is 33.3 Å². The molecular weight excluding hydrogens is 217 g/mol. The van der Waals surface area contributed by atoms with E-state index in [1.165, 1.54) is 18.2 Å². The molecule has 7 heteroatoms. The lowest BCUT2D eigenvalue weighted by Gasteiger charge is -1.95. The van der Waals surface area contributed by atoms with Gasteiger partial charge >= 0.3 is 0 Å². The molecule has 0 heterocycles. The van der Waals surface area contributed by atoms with Crippen molar-refractivity contribution in [3.63, 3.8) is 0 Å². The normalized spacial score (nSPS) is 10.6. The maximum absolute atomic E-state index is 10.5. The van der Waals surface area contributed by atoms with Gasteiger partial charge in [-0.3, -0.25) is 10.1 Å². The van der Waals surface area contributed by atoms with Gasteiger partial charge in [-0.25, -0.2) is 0 Å². The lowest BCUT2D eigenvalue weighted by molar-refractivity contribution is -0.384. The number of hydrogen-bond donors (Lipinski definition) is 0. The highest BCUT2D eigenvalue weighted by Gasteiger charge is 2.13. The summed E-state index contributed by atoms with van der Waals surface area (Å²) >= 11 is 10.5. The van der Waals surface area contributed by atoms with E-state index in [1.54, 1.807) is 0 Å². The first kappa shape index (κ1) is 9.88. The highest BCUT2D eigenvalue weighted by molar-refractivity contribution is 6.30. The summed E-state index contributed by atoms with van der Waals surface area (Å²) in [5, 5.41) is 14.1. The number of nitro benzene ring substituents is 1. The third kappa shape index (κ3) is 2.37. The first-order chi connectivity index (χ1) is 6.15. The van der Waals surface area contributed by atoms with E-state index in [-0.39, 0.29) is 16.4 Å².